The van der Waals surface area contributed by atoms with Crippen molar-refractivity contribution in [2.75, 3.05) is 5.32 Å². The third-order valence-corrected chi connectivity index (χ3v) is 2.52. The van der Waals surface area contributed by atoms with Crippen LogP contribution in [0.4, 0.5) is 10.1 Å². The van der Waals surface area contributed by atoms with Crippen molar-refractivity contribution in [3.8, 4) is 0 Å². The van der Waals surface area contributed by atoms with E-state index in [0.29, 0.717) is 12.6 Å². The van der Waals surface area contributed by atoms with Gasteiger partial charge in [-0.25, -0.2) is 4.39 Å². The van der Waals surface area contributed by atoms with Gasteiger partial charge >= 0.3 is 0 Å². The van der Waals surface area contributed by atoms with Crippen LogP contribution in [0.15, 0.2) is 36.7 Å². The van der Waals surface area contributed by atoms with Crippen molar-refractivity contribution in [3.05, 3.63) is 48.0 Å². The number of anilines is 1. The molecule has 17 heavy (non-hydrogen) atoms. The predicted molar refractivity (Wildman–Crippen MR) is 66.3 cm³/mol. The SMILES string of the molecule is CC(C)n1cc(CNc2ccc(F)cc2)cn1. The van der Waals surface area contributed by atoms with Crippen molar-refractivity contribution in [3.63, 3.8) is 0 Å². The van der Waals surface area contributed by atoms with Crippen LogP contribution in [0.5, 0.6) is 0 Å². The molecule has 1 aromatic heterocycles. The summed E-state index contributed by atoms with van der Waals surface area (Å²) < 4.78 is 14.6. The Morgan fingerprint density at radius 2 is 2.00 bits per heavy atom. The molecular formula is C13H16FN3. The van der Waals surface area contributed by atoms with E-state index in [2.05, 4.69) is 24.3 Å². The Kier molecular flexibility index (Phi) is 3.42. The van der Waals surface area contributed by atoms with E-state index in [1.54, 1.807) is 12.1 Å². The third-order valence-electron chi connectivity index (χ3n) is 2.52. The first kappa shape index (κ1) is 11.6. The predicted octanol–water partition coefficient (Wildman–Crippen LogP) is 3.22. The van der Waals surface area contributed by atoms with Crippen molar-refractivity contribution in [2.24, 2.45) is 0 Å². The summed E-state index contributed by atoms with van der Waals surface area (Å²) >= 11 is 0. The van der Waals surface area contributed by atoms with E-state index in [9.17, 15) is 4.39 Å². The summed E-state index contributed by atoms with van der Waals surface area (Å²) in [7, 11) is 0. The van der Waals surface area contributed by atoms with Crippen molar-refractivity contribution in [1.29, 1.82) is 0 Å². The van der Waals surface area contributed by atoms with Gasteiger partial charge < -0.3 is 5.32 Å². The Hall–Kier alpha value is -1.84. The number of benzene rings is 1. The van der Waals surface area contributed by atoms with E-state index >= 15 is 0 Å². The van der Waals surface area contributed by atoms with Gasteiger partial charge in [0.15, 0.2) is 0 Å². The summed E-state index contributed by atoms with van der Waals surface area (Å²) in [4.78, 5) is 0. The van der Waals surface area contributed by atoms with E-state index in [0.717, 1.165) is 11.3 Å². The summed E-state index contributed by atoms with van der Waals surface area (Å²) in [5, 5.41) is 7.48. The highest BCUT2D eigenvalue weighted by Crippen LogP contribution is 2.11. The molecule has 4 heteroatoms. The number of nitrogens with zero attached hydrogens (tertiary/aromatic N) is 2. The first-order chi connectivity index (χ1) is 8.15. The number of hydrogen-bond donors (Lipinski definition) is 1. The van der Waals surface area contributed by atoms with Gasteiger partial charge in [0, 0.05) is 30.0 Å². The van der Waals surface area contributed by atoms with Gasteiger partial charge in [0.05, 0.1) is 6.20 Å². The Balaban J connectivity index is 1.95. The molecule has 1 aromatic carbocycles. The molecule has 2 rings (SSSR count). The number of halogens is 1. The normalized spacial score (nSPS) is 10.8. The first-order valence-corrected chi connectivity index (χ1v) is 5.67. The second kappa shape index (κ2) is 4.99. The highest BCUT2D eigenvalue weighted by Gasteiger charge is 2.01. The van der Waals surface area contributed by atoms with Gasteiger partial charge in [-0.1, -0.05) is 0 Å². The van der Waals surface area contributed by atoms with Gasteiger partial charge in [-0.05, 0) is 38.1 Å². The summed E-state index contributed by atoms with van der Waals surface area (Å²) in [6.45, 7) is 4.87. The van der Waals surface area contributed by atoms with E-state index < -0.39 is 0 Å². The van der Waals surface area contributed by atoms with Gasteiger partial charge in [-0.3, -0.25) is 4.68 Å². The molecule has 0 atom stereocenters. The lowest BCUT2D eigenvalue weighted by atomic mass is 10.3. The highest BCUT2D eigenvalue weighted by atomic mass is 19.1. The lowest BCUT2D eigenvalue weighted by Crippen LogP contribution is -2.01. The van der Waals surface area contributed by atoms with E-state index in [4.69, 9.17) is 0 Å². The number of aromatic nitrogens is 2. The maximum absolute atomic E-state index is 12.7. The molecule has 0 aliphatic rings. The Morgan fingerprint density at radius 1 is 1.29 bits per heavy atom. The van der Waals surface area contributed by atoms with Gasteiger partial charge in [0.1, 0.15) is 5.82 Å². The molecule has 0 saturated carbocycles. The molecule has 0 saturated heterocycles. The van der Waals surface area contributed by atoms with Gasteiger partial charge in [-0.2, -0.15) is 5.10 Å². The maximum Gasteiger partial charge on any atom is 0.123 e. The fraction of sp³-hybridized carbons (Fsp3) is 0.308. The molecule has 3 nitrogen and oxygen atoms in total. The summed E-state index contributed by atoms with van der Waals surface area (Å²) in [5.41, 5.74) is 2.02. The lowest BCUT2D eigenvalue weighted by molar-refractivity contribution is 0.532. The van der Waals surface area contributed by atoms with Gasteiger partial charge in [-0.15, -0.1) is 0 Å². The molecule has 1 N–H and O–H groups in total. The average Bonchev–Trinajstić information content (AvgIpc) is 2.77. The minimum absolute atomic E-state index is 0.219. The van der Waals surface area contributed by atoms with Crippen molar-refractivity contribution in [1.82, 2.24) is 9.78 Å². The van der Waals surface area contributed by atoms with E-state index in [1.807, 2.05) is 17.1 Å². The van der Waals surface area contributed by atoms with Crippen LogP contribution in [-0.4, -0.2) is 9.78 Å². The summed E-state index contributed by atoms with van der Waals surface area (Å²) in [6, 6.07) is 6.71. The number of hydrogen-bond acceptors (Lipinski definition) is 2. The van der Waals surface area contributed by atoms with Crippen LogP contribution >= 0.6 is 0 Å². The Bertz CT molecular complexity index is 474. The third kappa shape index (κ3) is 3.06. The van der Waals surface area contributed by atoms with Gasteiger partial charge in [0.25, 0.3) is 0 Å². The Labute approximate surface area is 100 Å². The fourth-order valence-electron chi connectivity index (χ4n) is 1.52. The van der Waals surface area contributed by atoms with E-state index in [1.165, 1.54) is 12.1 Å². The molecule has 0 spiro atoms. The van der Waals surface area contributed by atoms with Crippen LogP contribution in [-0.2, 0) is 6.54 Å². The first-order valence-electron chi connectivity index (χ1n) is 5.67. The van der Waals surface area contributed by atoms with Crippen LogP contribution in [0.25, 0.3) is 0 Å². The van der Waals surface area contributed by atoms with Crippen molar-refractivity contribution >= 4 is 5.69 Å². The van der Waals surface area contributed by atoms with Crippen molar-refractivity contribution < 1.29 is 4.39 Å². The molecular weight excluding hydrogens is 217 g/mol. The summed E-state index contributed by atoms with van der Waals surface area (Å²) in [5.74, 6) is -0.219. The lowest BCUT2D eigenvalue weighted by Gasteiger charge is -2.05. The minimum atomic E-state index is -0.219. The topological polar surface area (TPSA) is 29.9 Å². The number of rotatable bonds is 4. The number of nitrogens with one attached hydrogen (secondary N) is 1. The molecule has 1 heterocycles. The largest absolute Gasteiger partial charge is 0.381 e. The fourth-order valence-corrected chi connectivity index (χ4v) is 1.52. The zero-order valence-corrected chi connectivity index (χ0v) is 10.0. The highest BCUT2D eigenvalue weighted by molar-refractivity contribution is 5.43. The van der Waals surface area contributed by atoms with E-state index in [-0.39, 0.29) is 5.82 Å². The van der Waals surface area contributed by atoms with Crippen molar-refractivity contribution in [2.45, 2.75) is 26.4 Å². The molecule has 0 unspecified atom stereocenters. The molecule has 0 radical (unpaired) electrons. The molecule has 0 bridgehead atoms. The molecule has 0 fully saturated rings. The maximum atomic E-state index is 12.7. The second-order valence-corrected chi connectivity index (χ2v) is 4.28. The summed E-state index contributed by atoms with van der Waals surface area (Å²) in [6.07, 6.45) is 3.86. The molecule has 2 aromatic rings. The standard InChI is InChI=1S/C13H16FN3/c1-10(2)17-9-11(8-16-17)7-15-13-5-3-12(14)4-6-13/h3-6,8-10,15H,7H2,1-2H3. The van der Waals surface area contributed by atoms with Crippen LogP contribution in [0, 0.1) is 5.82 Å². The molecule has 0 aliphatic heterocycles. The Morgan fingerprint density at radius 3 is 2.59 bits per heavy atom. The van der Waals surface area contributed by atoms with Gasteiger partial charge in [0.2, 0.25) is 0 Å². The second-order valence-electron chi connectivity index (χ2n) is 4.28. The quantitative estimate of drug-likeness (QED) is 0.878. The zero-order valence-electron chi connectivity index (χ0n) is 10.0. The molecule has 0 amide bonds. The average molecular weight is 233 g/mol. The van der Waals surface area contributed by atoms with Crippen LogP contribution in [0.2, 0.25) is 0 Å². The molecule has 90 valence electrons. The van der Waals surface area contributed by atoms with Crippen LogP contribution in [0.1, 0.15) is 25.5 Å². The monoisotopic (exact) mass is 233 g/mol. The smallest absolute Gasteiger partial charge is 0.123 e. The minimum Gasteiger partial charge on any atom is -0.381 e. The molecule has 0 aliphatic carbocycles. The zero-order chi connectivity index (χ0) is 12.3. The van der Waals surface area contributed by atoms with Crippen LogP contribution in [0.3, 0.4) is 0 Å². The van der Waals surface area contributed by atoms with Crippen LogP contribution < -0.4 is 5.32 Å².